The monoisotopic (exact) mass is 408 g/mol. The number of ether oxygens (including phenoxy) is 1. The van der Waals surface area contributed by atoms with Crippen LogP contribution in [0, 0.1) is 19.3 Å². The second-order valence-electron chi connectivity index (χ2n) is 7.82. The molecule has 4 rings (SSSR count). The first-order chi connectivity index (χ1) is 14.4. The van der Waals surface area contributed by atoms with Crippen molar-refractivity contribution in [3.05, 3.63) is 57.9 Å². The number of rotatable bonds is 5. The van der Waals surface area contributed by atoms with Crippen LogP contribution in [0.15, 0.2) is 24.3 Å². The zero-order valence-electron chi connectivity index (χ0n) is 17.6. The van der Waals surface area contributed by atoms with Crippen molar-refractivity contribution in [2.45, 2.75) is 33.3 Å². The molecule has 30 heavy (non-hydrogen) atoms. The summed E-state index contributed by atoms with van der Waals surface area (Å²) < 4.78 is 7.22. The lowest BCUT2D eigenvalue weighted by molar-refractivity contribution is 0.122. The number of aliphatic hydroxyl groups is 1. The van der Waals surface area contributed by atoms with Crippen molar-refractivity contribution in [2.24, 2.45) is 5.73 Å². The molecule has 3 aromatic rings. The zero-order chi connectivity index (χ0) is 21.4. The number of morpholine rings is 1. The summed E-state index contributed by atoms with van der Waals surface area (Å²) in [5, 5.41) is 23.4. The molecule has 1 aliphatic heterocycles. The molecule has 1 aliphatic rings. The molecule has 0 spiro atoms. The van der Waals surface area contributed by atoms with Crippen LogP contribution in [0.1, 0.15) is 46.7 Å². The van der Waals surface area contributed by atoms with Crippen molar-refractivity contribution in [2.75, 3.05) is 31.2 Å². The van der Waals surface area contributed by atoms with Gasteiger partial charge in [-0.25, -0.2) is 9.50 Å². The number of aryl methyl sites for hydroxylation is 1. The van der Waals surface area contributed by atoms with E-state index in [4.69, 9.17) is 21.0 Å². The number of hydrogen-bond donors (Lipinski definition) is 3. The molecule has 0 radical (unpaired) electrons. The number of aromatic nitrogens is 3. The zero-order valence-corrected chi connectivity index (χ0v) is 17.6. The number of nitrogens with one attached hydrogen (secondary N) is 1. The molecule has 0 bridgehead atoms. The van der Waals surface area contributed by atoms with Crippen LogP contribution in [-0.4, -0.2) is 51.8 Å². The topological polar surface area (TPSA) is 113 Å². The number of amidine groups is 1. The number of nitrogen functional groups attached to an aromatic ring is 1. The Bertz CT molecular complexity index is 1100. The number of nitrogens with zero attached hydrogens (tertiary/aromatic N) is 4. The van der Waals surface area contributed by atoms with Crippen LogP contribution >= 0.6 is 0 Å². The molecule has 8 heteroatoms. The van der Waals surface area contributed by atoms with Gasteiger partial charge in [0, 0.05) is 19.5 Å². The number of benzene rings is 1. The molecule has 158 valence electrons. The Kier molecular flexibility index (Phi) is 5.44. The van der Waals surface area contributed by atoms with Gasteiger partial charge in [0.05, 0.1) is 36.3 Å². The van der Waals surface area contributed by atoms with Gasteiger partial charge in [0.25, 0.3) is 0 Å². The molecule has 8 nitrogen and oxygen atoms in total. The minimum absolute atomic E-state index is 0.0719. The maximum absolute atomic E-state index is 10.4. The van der Waals surface area contributed by atoms with Crippen LogP contribution in [0.4, 0.5) is 5.82 Å². The number of fused-ring (bicyclic) bond motifs is 1. The average molecular weight is 409 g/mol. The predicted molar refractivity (Wildman–Crippen MR) is 116 cm³/mol. The van der Waals surface area contributed by atoms with E-state index in [2.05, 4.69) is 35.9 Å². The van der Waals surface area contributed by atoms with Gasteiger partial charge in [-0.15, -0.1) is 5.10 Å². The fraction of sp³-hybridized carbons (Fsp3) is 0.409. The first-order valence-electron chi connectivity index (χ1n) is 10.2. The predicted octanol–water partition coefficient (Wildman–Crippen LogP) is 2.11. The third kappa shape index (κ3) is 3.64. The number of aliphatic hydroxyl groups excluding tert-OH is 1. The molecule has 0 amide bonds. The largest absolute Gasteiger partial charge is 0.387 e. The SMILES string of the molecule is Cc1cccc(Cc2c(C(C)O)nc3c(C(=N)N)cc(N4CCOCC4)nn23)c1C. The van der Waals surface area contributed by atoms with E-state index in [1.165, 1.54) is 11.1 Å². The van der Waals surface area contributed by atoms with E-state index in [-0.39, 0.29) is 5.84 Å². The quantitative estimate of drug-likeness (QED) is 0.440. The van der Waals surface area contributed by atoms with Crippen molar-refractivity contribution in [3.63, 3.8) is 0 Å². The molecule has 1 atom stereocenters. The molecular formula is C22H28N6O2. The average Bonchev–Trinajstić information content (AvgIpc) is 3.10. The minimum Gasteiger partial charge on any atom is -0.387 e. The van der Waals surface area contributed by atoms with Gasteiger partial charge in [0.1, 0.15) is 5.84 Å². The summed E-state index contributed by atoms with van der Waals surface area (Å²) in [5.41, 5.74) is 11.9. The highest BCUT2D eigenvalue weighted by Crippen LogP contribution is 2.27. The molecule has 0 saturated carbocycles. The highest BCUT2D eigenvalue weighted by molar-refractivity contribution is 6.01. The lowest BCUT2D eigenvalue weighted by atomic mass is 9.98. The van der Waals surface area contributed by atoms with E-state index < -0.39 is 6.10 Å². The lowest BCUT2D eigenvalue weighted by Crippen LogP contribution is -2.37. The molecule has 0 aliphatic carbocycles. The van der Waals surface area contributed by atoms with E-state index in [9.17, 15) is 5.11 Å². The Morgan fingerprint density at radius 2 is 2.03 bits per heavy atom. The summed E-state index contributed by atoms with van der Waals surface area (Å²) in [4.78, 5) is 6.78. The maximum atomic E-state index is 10.4. The van der Waals surface area contributed by atoms with Crippen LogP contribution in [0.25, 0.3) is 5.65 Å². The molecule has 1 fully saturated rings. The molecule has 1 saturated heterocycles. The van der Waals surface area contributed by atoms with Gasteiger partial charge in [0.2, 0.25) is 0 Å². The summed E-state index contributed by atoms with van der Waals surface area (Å²) >= 11 is 0. The first kappa shape index (κ1) is 20.3. The van der Waals surface area contributed by atoms with E-state index in [0.717, 1.165) is 30.2 Å². The van der Waals surface area contributed by atoms with Crippen molar-refractivity contribution >= 4 is 17.3 Å². The summed E-state index contributed by atoms with van der Waals surface area (Å²) in [6.07, 6.45) is -0.190. The summed E-state index contributed by atoms with van der Waals surface area (Å²) in [7, 11) is 0. The van der Waals surface area contributed by atoms with Crippen molar-refractivity contribution in [3.8, 4) is 0 Å². The van der Waals surface area contributed by atoms with E-state index in [1.807, 2.05) is 12.1 Å². The Balaban J connectivity index is 1.92. The molecule has 3 heterocycles. The maximum Gasteiger partial charge on any atom is 0.165 e. The molecule has 4 N–H and O–H groups in total. The van der Waals surface area contributed by atoms with Crippen molar-refractivity contribution in [1.82, 2.24) is 14.6 Å². The standard InChI is InChI=1S/C22H28N6O2/c1-13-5-4-6-16(14(13)2)11-18-20(15(3)29)25-22-17(21(23)24)12-19(26-28(18)22)27-7-9-30-10-8-27/h4-6,12,15,29H,7-11H2,1-3H3,(H3,23,24). The van der Waals surface area contributed by atoms with Gasteiger partial charge in [-0.1, -0.05) is 18.2 Å². The number of nitrogens with two attached hydrogens (primary N) is 1. The van der Waals surface area contributed by atoms with E-state index in [1.54, 1.807) is 11.4 Å². The second-order valence-corrected chi connectivity index (χ2v) is 7.82. The molecule has 1 unspecified atom stereocenters. The minimum atomic E-state index is -0.765. The second kappa shape index (κ2) is 8.04. The Labute approximate surface area is 175 Å². The summed E-state index contributed by atoms with van der Waals surface area (Å²) in [6.45, 7) is 8.60. The first-order valence-corrected chi connectivity index (χ1v) is 10.2. The van der Waals surface area contributed by atoms with Gasteiger partial charge >= 0.3 is 0 Å². The van der Waals surface area contributed by atoms with Crippen LogP contribution in [0.5, 0.6) is 0 Å². The smallest absolute Gasteiger partial charge is 0.165 e. The van der Waals surface area contributed by atoms with Gasteiger partial charge in [-0.2, -0.15) is 0 Å². The van der Waals surface area contributed by atoms with Crippen molar-refractivity contribution in [1.29, 1.82) is 5.41 Å². The Hall–Kier alpha value is -2.97. The third-order valence-electron chi connectivity index (χ3n) is 5.79. The van der Waals surface area contributed by atoms with Gasteiger partial charge < -0.3 is 20.5 Å². The Morgan fingerprint density at radius 3 is 2.70 bits per heavy atom. The van der Waals surface area contributed by atoms with Crippen LogP contribution < -0.4 is 10.6 Å². The molecular weight excluding hydrogens is 380 g/mol. The van der Waals surface area contributed by atoms with E-state index >= 15 is 0 Å². The number of imidazole rings is 1. The van der Waals surface area contributed by atoms with Gasteiger partial charge in [0.15, 0.2) is 11.5 Å². The van der Waals surface area contributed by atoms with Crippen molar-refractivity contribution < 1.29 is 9.84 Å². The van der Waals surface area contributed by atoms with E-state index in [0.29, 0.717) is 36.5 Å². The fourth-order valence-electron chi connectivity index (χ4n) is 3.90. The van der Waals surface area contributed by atoms with Crippen LogP contribution in [0.2, 0.25) is 0 Å². The summed E-state index contributed by atoms with van der Waals surface area (Å²) in [5.74, 6) is 0.657. The lowest BCUT2D eigenvalue weighted by Gasteiger charge is -2.28. The number of anilines is 1. The third-order valence-corrected chi connectivity index (χ3v) is 5.79. The van der Waals surface area contributed by atoms with Crippen LogP contribution in [-0.2, 0) is 11.2 Å². The highest BCUT2D eigenvalue weighted by atomic mass is 16.5. The summed E-state index contributed by atoms with van der Waals surface area (Å²) in [6, 6.07) is 8.02. The Morgan fingerprint density at radius 1 is 1.30 bits per heavy atom. The normalized spacial score (nSPS) is 15.5. The molecule has 2 aromatic heterocycles. The highest BCUT2D eigenvalue weighted by Gasteiger charge is 2.24. The van der Waals surface area contributed by atoms with Gasteiger partial charge in [-0.05, 0) is 43.5 Å². The van der Waals surface area contributed by atoms with Gasteiger partial charge in [-0.3, -0.25) is 5.41 Å². The molecule has 1 aromatic carbocycles. The van der Waals surface area contributed by atoms with Crippen LogP contribution in [0.3, 0.4) is 0 Å². The number of hydrogen-bond acceptors (Lipinski definition) is 6. The fourth-order valence-corrected chi connectivity index (χ4v) is 3.90.